The van der Waals surface area contributed by atoms with Gasteiger partial charge in [-0.05, 0) is 26.2 Å². The van der Waals surface area contributed by atoms with E-state index in [0.29, 0.717) is 26.2 Å². The van der Waals surface area contributed by atoms with E-state index in [9.17, 15) is 9.59 Å². The molecule has 0 aromatic heterocycles. The van der Waals surface area contributed by atoms with Crippen LogP contribution in [0, 0.1) is 5.92 Å². The summed E-state index contributed by atoms with van der Waals surface area (Å²) in [5, 5.41) is 0. The molecule has 1 amide bonds. The van der Waals surface area contributed by atoms with Gasteiger partial charge in [0.15, 0.2) is 0 Å². The first-order valence-corrected chi connectivity index (χ1v) is 8.10. The lowest BCUT2D eigenvalue weighted by molar-refractivity contribution is -0.151. The minimum absolute atomic E-state index is 0.0454. The summed E-state index contributed by atoms with van der Waals surface area (Å²) in [7, 11) is 1.85. The summed E-state index contributed by atoms with van der Waals surface area (Å²) < 4.78 is 10.5. The Labute approximate surface area is 127 Å². The smallest absolute Gasteiger partial charge is 0.308 e. The molecule has 1 unspecified atom stereocenters. The zero-order valence-corrected chi connectivity index (χ0v) is 13.2. The van der Waals surface area contributed by atoms with Crippen molar-refractivity contribution in [1.29, 1.82) is 0 Å². The average Bonchev–Trinajstić information content (AvgIpc) is 3.01. The Bertz CT molecular complexity index is 370. The molecule has 5 nitrogen and oxygen atoms in total. The molecule has 0 aromatic carbocycles. The average molecular weight is 297 g/mol. The van der Waals surface area contributed by atoms with Crippen molar-refractivity contribution in [2.24, 2.45) is 5.92 Å². The lowest BCUT2D eigenvalue weighted by Gasteiger charge is -2.45. The first-order valence-electron chi connectivity index (χ1n) is 8.10. The lowest BCUT2D eigenvalue weighted by Crippen LogP contribution is -2.54. The van der Waals surface area contributed by atoms with E-state index < -0.39 is 0 Å². The Morgan fingerprint density at radius 1 is 1.29 bits per heavy atom. The fraction of sp³-hybridized carbons (Fsp3) is 0.875. The van der Waals surface area contributed by atoms with Gasteiger partial charge in [0.2, 0.25) is 5.91 Å². The van der Waals surface area contributed by atoms with E-state index in [2.05, 4.69) is 0 Å². The number of hydrogen-bond donors (Lipinski definition) is 0. The number of carbonyl (C=O) groups excluding carboxylic acids is 2. The van der Waals surface area contributed by atoms with Gasteiger partial charge in [-0.15, -0.1) is 0 Å². The Hall–Kier alpha value is -1.10. The molecule has 0 spiro atoms. The second-order valence-electron chi connectivity index (χ2n) is 6.22. The normalized spacial score (nSPS) is 24.6. The summed E-state index contributed by atoms with van der Waals surface area (Å²) in [6.45, 7) is 3.38. The maximum absolute atomic E-state index is 12.7. The minimum Gasteiger partial charge on any atom is -0.466 e. The standard InChI is InChI=1S/C16H27NO4/c1-3-21-14(18)11-16(8-5-4-6-9-16)17(2)15(19)13-7-10-20-12-13/h13H,3-12H2,1-2H3. The molecule has 2 rings (SSSR count). The topological polar surface area (TPSA) is 55.8 Å². The molecule has 1 heterocycles. The van der Waals surface area contributed by atoms with Gasteiger partial charge in [-0.1, -0.05) is 19.3 Å². The van der Waals surface area contributed by atoms with Crippen LogP contribution in [-0.2, 0) is 19.1 Å². The highest BCUT2D eigenvalue weighted by atomic mass is 16.5. The lowest BCUT2D eigenvalue weighted by atomic mass is 9.77. The van der Waals surface area contributed by atoms with Crippen molar-refractivity contribution < 1.29 is 19.1 Å². The molecular weight excluding hydrogens is 270 g/mol. The Morgan fingerprint density at radius 2 is 2.00 bits per heavy atom. The Morgan fingerprint density at radius 3 is 2.57 bits per heavy atom. The molecule has 0 bridgehead atoms. The van der Waals surface area contributed by atoms with Crippen LogP contribution in [0.3, 0.4) is 0 Å². The van der Waals surface area contributed by atoms with Gasteiger partial charge in [-0.2, -0.15) is 0 Å². The molecule has 21 heavy (non-hydrogen) atoms. The molecule has 1 aliphatic carbocycles. The molecular formula is C16H27NO4. The van der Waals surface area contributed by atoms with Gasteiger partial charge in [0.1, 0.15) is 0 Å². The van der Waals surface area contributed by atoms with Gasteiger partial charge in [-0.25, -0.2) is 0 Å². The number of hydrogen-bond acceptors (Lipinski definition) is 4. The molecule has 0 N–H and O–H groups in total. The number of nitrogens with zero attached hydrogens (tertiary/aromatic N) is 1. The van der Waals surface area contributed by atoms with Crippen molar-refractivity contribution in [1.82, 2.24) is 4.90 Å². The van der Waals surface area contributed by atoms with Gasteiger partial charge >= 0.3 is 5.97 Å². The second-order valence-corrected chi connectivity index (χ2v) is 6.22. The highest BCUT2D eigenvalue weighted by molar-refractivity contribution is 5.81. The monoisotopic (exact) mass is 297 g/mol. The van der Waals surface area contributed by atoms with E-state index in [1.54, 1.807) is 0 Å². The van der Waals surface area contributed by atoms with Crippen molar-refractivity contribution in [2.45, 2.75) is 57.4 Å². The summed E-state index contributed by atoms with van der Waals surface area (Å²) in [4.78, 5) is 26.5. The van der Waals surface area contributed by atoms with Crippen LogP contribution < -0.4 is 0 Å². The summed E-state index contributed by atoms with van der Waals surface area (Å²) in [6, 6.07) is 0. The van der Waals surface area contributed by atoms with Crippen molar-refractivity contribution in [3.05, 3.63) is 0 Å². The highest BCUT2D eigenvalue weighted by Gasteiger charge is 2.42. The Kier molecular flexibility index (Phi) is 5.62. The number of rotatable bonds is 5. The van der Waals surface area contributed by atoms with E-state index >= 15 is 0 Å². The highest BCUT2D eigenvalue weighted by Crippen LogP contribution is 2.37. The van der Waals surface area contributed by atoms with Crippen LogP contribution in [0.1, 0.15) is 51.9 Å². The van der Waals surface area contributed by atoms with Crippen LogP contribution in [-0.4, -0.2) is 49.2 Å². The largest absolute Gasteiger partial charge is 0.466 e. The summed E-state index contributed by atoms with van der Waals surface area (Å²) in [5.41, 5.74) is -0.357. The SMILES string of the molecule is CCOC(=O)CC1(N(C)C(=O)C2CCOC2)CCCCC1. The van der Waals surface area contributed by atoms with Gasteiger partial charge in [0.25, 0.3) is 0 Å². The van der Waals surface area contributed by atoms with Gasteiger partial charge in [-0.3, -0.25) is 9.59 Å². The zero-order valence-electron chi connectivity index (χ0n) is 13.2. The van der Waals surface area contributed by atoms with Crippen LogP contribution in [0.2, 0.25) is 0 Å². The molecule has 120 valence electrons. The van der Waals surface area contributed by atoms with E-state index in [1.165, 1.54) is 6.42 Å². The fourth-order valence-corrected chi connectivity index (χ4v) is 3.56. The molecule has 2 fully saturated rings. The molecule has 5 heteroatoms. The molecule has 1 saturated heterocycles. The maximum atomic E-state index is 12.7. The number of esters is 1. The van der Waals surface area contributed by atoms with E-state index in [1.807, 2.05) is 18.9 Å². The molecule has 0 radical (unpaired) electrons. The van der Waals surface area contributed by atoms with Crippen molar-refractivity contribution in [2.75, 3.05) is 26.9 Å². The van der Waals surface area contributed by atoms with Crippen LogP contribution >= 0.6 is 0 Å². The van der Waals surface area contributed by atoms with Gasteiger partial charge < -0.3 is 14.4 Å². The first-order chi connectivity index (χ1) is 10.1. The van der Waals surface area contributed by atoms with Crippen LogP contribution in [0.5, 0.6) is 0 Å². The number of carbonyl (C=O) groups is 2. The van der Waals surface area contributed by atoms with Gasteiger partial charge in [0, 0.05) is 13.7 Å². The van der Waals surface area contributed by atoms with E-state index in [0.717, 1.165) is 32.1 Å². The molecule has 1 aliphatic heterocycles. The van der Waals surface area contributed by atoms with E-state index in [-0.39, 0.29) is 23.3 Å². The van der Waals surface area contributed by atoms with E-state index in [4.69, 9.17) is 9.47 Å². The second kappa shape index (κ2) is 7.25. The quantitative estimate of drug-likeness (QED) is 0.730. The molecule has 2 aliphatic rings. The molecule has 0 aromatic rings. The summed E-state index contributed by atoms with van der Waals surface area (Å²) in [6.07, 6.45) is 6.20. The summed E-state index contributed by atoms with van der Waals surface area (Å²) >= 11 is 0. The predicted molar refractivity (Wildman–Crippen MR) is 78.8 cm³/mol. The minimum atomic E-state index is -0.357. The van der Waals surface area contributed by atoms with Gasteiger partial charge in [0.05, 0.1) is 31.1 Å². The van der Waals surface area contributed by atoms with Crippen LogP contribution in [0.25, 0.3) is 0 Å². The first kappa shape index (κ1) is 16.3. The van der Waals surface area contributed by atoms with Crippen molar-refractivity contribution >= 4 is 11.9 Å². The number of ether oxygens (including phenoxy) is 2. The third-order valence-electron chi connectivity index (χ3n) is 4.88. The Balaban J connectivity index is 2.09. The fourth-order valence-electron chi connectivity index (χ4n) is 3.56. The maximum Gasteiger partial charge on any atom is 0.308 e. The number of amides is 1. The van der Waals surface area contributed by atoms with Crippen molar-refractivity contribution in [3.63, 3.8) is 0 Å². The third kappa shape index (κ3) is 3.76. The van der Waals surface area contributed by atoms with Crippen molar-refractivity contribution in [3.8, 4) is 0 Å². The zero-order chi connectivity index (χ0) is 15.3. The summed E-state index contributed by atoms with van der Waals surface area (Å²) in [5.74, 6) is -0.114. The van der Waals surface area contributed by atoms with Crippen LogP contribution in [0.4, 0.5) is 0 Å². The van der Waals surface area contributed by atoms with Crippen LogP contribution in [0.15, 0.2) is 0 Å². The molecule has 1 atom stereocenters. The molecule has 1 saturated carbocycles. The predicted octanol–water partition coefficient (Wildman–Crippen LogP) is 2.14. The third-order valence-corrected chi connectivity index (χ3v) is 4.88.